The van der Waals surface area contributed by atoms with Crippen molar-refractivity contribution in [2.75, 3.05) is 11.9 Å². The second kappa shape index (κ2) is 6.02. The second-order valence-corrected chi connectivity index (χ2v) is 5.67. The van der Waals surface area contributed by atoms with Crippen LogP contribution in [0.3, 0.4) is 0 Å². The summed E-state index contributed by atoms with van der Waals surface area (Å²) >= 11 is 11.7. The van der Waals surface area contributed by atoms with Crippen LogP contribution in [0.2, 0.25) is 10.0 Å². The van der Waals surface area contributed by atoms with Crippen LogP contribution in [-0.4, -0.2) is 24.6 Å². The van der Waals surface area contributed by atoms with Crippen molar-refractivity contribution in [3.05, 3.63) is 63.6 Å². The van der Waals surface area contributed by atoms with Gasteiger partial charge in [-0.1, -0.05) is 46.6 Å². The van der Waals surface area contributed by atoms with Gasteiger partial charge in [-0.05, 0) is 24.3 Å². The van der Waals surface area contributed by atoms with E-state index in [4.69, 9.17) is 28.0 Å². The van der Waals surface area contributed by atoms with E-state index in [0.717, 1.165) is 0 Å². The first-order chi connectivity index (χ1) is 11.0. The number of carbonyl (C=O) groups is 2. The number of hydrogen-bond donors (Lipinski definition) is 0. The molecule has 2 aromatic carbocycles. The Morgan fingerprint density at radius 2 is 1.91 bits per heavy atom. The average Bonchev–Trinajstić information content (AvgIpc) is 2.77. The predicted octanol–water partition coefficient (Wildman–Crippen LogP) is 3.53. The normalized spacial score (nSPS) is 15.0. The van der Waals surface area contributed by atoms with E-state index in [0.29, 0.717) is 16.3 Å². The molecular formula is C16H10Cl2N2O3. The van der Waals surface area contributed by atoms with E-state index in [1.807, 2.05) is 6.07 Å². The van der Waals surface area contributed by atoms with Crippen LogP contribution in [0.1, 0.15) is 15.9 Å². The summed E-state index contributed by atoms with van der Waals surface area (Å²) in [7, 11) is 1.63. The van der Waals surface area contributed by atoms with Crippen molar-refractivity contribution in [1.29, 1.82) is 0 Å². The van der Waals surface area contributed by atoms with Crippen molar-refractivity contribution < 1.29 is 14.4 Å². The third-order valence-electron chi connectivity index (χ3n) is 3.40. The quantitative estimate of drug-likeness (QED) is 0.616. The van der Waals surface area contributed by atoms with Gasteiger partial charge in [0.25, 0.3) is 5.91 Å². The topological polar surface area (TPSA) is 59.0 Å². The summed E-state index contributed by atoms with van der Waals surface area (Å²) in [5.41, 5.74) is 1.50. The molecular weight excluding hydrogens is 339 g/mol. The van der Waals surface area contributed by atoms with Crippen molar-refractivity contribution in [2.45, 2.75) is 0 Å². The Bertz CT molecular complexity index is 849. The van der Waals surface area contributed by atoms with Crippen molar-refractivity contribution >= 4 is 46.5 Å². The first-order valence-electron chi connectivity index (χ1n) is 6.61. The molecule has 0 aromatic heterocycles. The van der Waals surface area contributed by atoms with Crippen molar-refractivity contribution in [1.82, 2.24) is 0 Å². The van der Waals surface area contributed by atoms with Crippen LogP contribution in [0, 0.1) is 0 Å². The molecule has 116 valence electrons. The molecule has 0 fully saturated rings. The highest BCUT2D eigenvalue weighted by Gasteiger charge is 2.32. The zero-order valence-electron chi connectivity index (χ0n) is 11.9. The van der Waals surface area contributed by atoms with E-state index >= 15 is 0 Å². The summed E-state index contributed by atoms with van der Waals surface area (Å²) < 4.78 is 0. The van der Waals surface area contributed by atoms with Crippen molar-refractivity contribution in [3.63, 3.8) is 0 Å². The third kappa shape index (κ3) is 2.81. The predicted molar refractivity (Wildman–Crippen MR) is 88.3 cm³/mol. The van der Waals surface area contributed by atoms with Crippen LogP contribution in [0.15, 0.2) is 47.6 Å². The Labute approximate surface area is 142 Å². The molecule has 0 radical (unpaired) electrons. The SMILES string of the molecule is CN1C(=O)C(=NOC(=O)c2ccc(Cl)cc2Cl)c2ccccc21. The maximum Gasteiger partial charge on any atom is 0.367 e. The highest BCUT2D eigenvalue weighted by Crippen LogP contribution is 2.28. The minimum atomic E-state index is -0.765. The second-order valence-electron chi connectivity index (χ2n) is 4.82. The zero-order chi connectivity index (χ0) is 16.6. The molecule has 1 aliphatic heterocycles. The van der Waals surface area contributed by atoms with E-state index in [2.05, 4.69) is 5.16 Å². The number of oxime groups is 1. The molecule has 1 heterocycles. The number of amides is 1. The van der Waals surface area contributed by atoms with Gasteiger partial charge in [0.05, 0.1) is 16.3 Å². The molecule has 0 atom stereocenters. The Hall–Kier alpha value is -2.37. The number of halogens is 2. The van der Waals surface area contributed by atoms with Gasteiger partial charge in [-0.25, -0.2) is 4.79 Å². The average molecular weight is 349 g/mol. The molecule has 0 spiro atoms. The van der Waals surface area contributed by atoms with E-state index < -0.39 is 5.97 Å². The van der Waals surface area contributed by atoms with Gasteiger partial charge in [-0.2, -0.15) is 0 Å². The Morgan fingerprint density at radius 1 is 1.17 bits per heavy atom. The lowest BCUT2D eigenvalue weighted by atomic mass is 10.1. The molecule has 0 bridgehead atoms. The number of hydrogen-bond acceptors (Lipinski definition) is 4. The fourth-order valence-electron chi connectivity index (χ4n) is 2.23. The Kier molecular flexibility index (Phi) is 4.07. The molecule has 23 heavy (non-hydrogen) atoms. The molecule has 7 heteroatoms. The zero-order valence-corrected chi connectivity index (χ0v) is 13.4. The Morgan fingerprint density at radius 3 is 2.65 bits per heavy atom. The lowest BCUT2D eigenvalue weighted by Gasteiger charge is -2.07. The van der Waals surface area contributed by atoms with Gasteiger partial charge < -0.3 is 9.74 Å². The first-order valence-corrected chi connectivity index (χ1v) is 7.36. The van der Waals surface area contributed by atoms with E-state index in [9.17, 15) is 9.59 Å². The van der Waals surface area contributed by atoms with Crippen molar-refractivity contribution in [2.24, 2.45) is 5.16 Å². The lowest BCUT2D eigenvalue weighted by molar-refractivity contribution is -0.112. The number of carbonyl (C=O) groups excluding carboxylic acids is 2. The minimum Gasteiger partial charge on any atom is -0.312 e. The summed E-state index contributed by atoms with van der Waals surface area (Å²) in [4.78, 5) is 30.6. The maximum absolute atomic E-state index is 12.2. The number of para-hydroxylation sites is 1. The summed E-state index contributed by atoms with van der Waals surface area (Å²) in [6, 6.07) is 11.5. The summed E-state index contributed by atoms with van der Waals surface area (Å²) in [6.07, 6.45) is 0. The van der Waals surface area contributed by atoms with Gasteiger partial charge in [0, 0.05) is 17.6 Å². The van der Waals surface area contributed by atoms with Gasteiger partial charge in [-0.3, -0.25) is 4.79 Å². The summed E-state index contributed by atoms with van der Waals surface area (Å²) in [5.74, 6) is -1.11. The summed E-state index contributed by atoms with van der Waals surface area (Å²) in [6.45, 7) is 0. The standard InChI is InChI=1S/C16H10Cl2N2O3/c1-20-13-5-3-2-4-11(13)14(15(20)21)19-23-16(22)10-7-6-9(17)8-12(10)18/h2-8H,1H3. The van der Waals surface area contributed by atoms with E-state index in [1.165, 1.54) is 23.1 Å². The molecule has 0 unspecified atom stereocenters. The number of nitrogens with zero attached hydrogens (tertiary/aromatic N) is 2. The number of fused-ring (bicyclic) bond motifs is 1. The number of rotatable bonds is 2. The highest BCUT2D eigenvalue weighted by atomic mass is 35.5. The van der Waals surface area contributed by atoms with Crippen LogP contribution in [0.5, 0.6) is 0 Å². The molecule has 3 rings (SSSR count). The monoisotopic (exact) mass is 348 g/mol. The van der Waals surface area contributed by atoms with Crippen LogP contribution in [0.4, 0.5) is 5.69 Å². The number of anilines is 1. The first kappa shape index (κ1) is 15.5. The smallest absolute Gasteiger partial charge is 0.312 e. The third-order valence-corrected chi connectivity index (χ3v) is 3.95. The Balaban J connectivity index is 1.88. The molecule has 1 aliphatic rings. The molecule has 0 saturated heterocycles. The molecule has 2 aromatic rings. The van der Waals surface area contributed by atoms with Crippen LogP contribution in [-0.2, 0) is 9.63 Å². The molecule has 0 N–H and O–H groups in total. The van der Waals surface area contributed by atoms with Crippen LogP contribution >= 0.6 is 23.2 Å². The molecule has 0 saturated carbocycles. The van der Waals surface area contributed by atoms with E-state index in [-0.39, 0.29) is 22.2 Å². The molecule has 0 aliphatic carbocycles. The number of benzene rings is 2. The lowest BCUT2D eigenvalue weighted by Crippen LogP contribution is -2.25. The van der Waals surface area contributed by atoms with Gasteiger partial charge in [0.1, 0.15) is 0 Å². The van der Waals surface area contributed by atoms with Gasteiger partial charge in [-0.15, -0.1) is 0 Å². The van der Waals surface area contributed by atoms with Gasteiger partial charge in [0.2, 0.25) is 0 Å². The molecule has 5 nitrogen and oxygen atoms in total. The maximum atomic E-state index is 12.2. The molecule has 1 amide bonds. The fourth-order valence-corrected chi connectivity index (χ4v) is 2.71. The summed E-state index contributed by atoms with van der Waals surface area (Å²) in [5, 5.41) is 4.27. The van der Waals surface area contributed by atoms with Crippen LogP contribution in [0.25, 0.3) is 0 Å². The largest absolute Gasteiger partial charge is 0.367 e. The fraction of sp³-hybridized carbons (Fsp3) is 0.0625. The minimum absolute atomic E-state index is 0.0709. The van der Waals surface area contributed by atoms with Crippen LogP contribution < -0.4 is 4.90 Å². The van der Waals surface area contributed by atoms with Crippen molar-refractivity contribution in [3.8, 4) is 0 Å². The van der Waals surface area contributed by atoms with E-state index in [1.54, 1.807) is 25.2 Å². The van der Waals surface area contributed by atoms with Gasteiger partial charge >= 0.3 is 5.97 Å². The van der Waals surface area contributed by atoms with Gasteiger partial charge in [0.15, 0.2) is 5.71 Å². The highest BCUT2D eigenvalue weighted by molar-refractivity contribution is 6.54. The number of likely N-dealkylation sites (N-methyl/N-ethyl adjacent to an activating group) is 1.